The first kappa shape index (κ1) is 18.3. The van der Waals surface area contributed by atoms with E-state index in [1.54, 1.807) is 0 Å². The minimum Gasteiger partial charge on any atom is -0.355 e. The molecule has 2 atom stereocenters. The fourth-order valence-electron chi connectivity index (χ4n) is 3.23. The lowest BCUT2D eigenvalue weighted by Gasteiger charge is -2.28. The summed E-state index contributed by atoms with van der Waals surface area (Å²) in [6.45, 7) is 10.1. The molecule has 23 heavy (non-hydrogen) atoms. The Labute approximate surface area is 145 Å². The van der Waals surface area contributed by atoms with E-state index in [9.17, 15) is 0 Å². The van der Waals surface area contributed by atoms with Gasteiger partial charge in [-0.2, -0.15) is 0 Å². The highest BCUT2D eigenvalue weighted by Gasteiger charge is 2.20. The number of rotatable bonds is 7. The van der Waals surface area contributed by atoms with Crippen molar-refractivity contribution in [2.45, 2.75) is 58.5 Å². The standard InChI is InChI=1S/C18H32N4S/c1-5-16(22-10-6-7-11-22)13-20-18(19-4)21-14(2)12-17-9-8-15(3)23-17/h8-9,14,16H,5-7,10-13H2,1-4H3,(H2,19,20,21). The molecule has 0 aromatic carbocycles. The summed E-state index contributed by atoms with van der Waals surface area (Å²) in [5.41, 5.74) is 0. The van der Waals surface area contributed by atoms with Gasteiger partial charge in [0.15, 0.2) is 5.96 Å². The van der Waals surface area contributed by atoms with Crippen LogP contribution in [0.3, 0.4) is 0 Å². The average Bonchev–Trinajstić information content (AvgIpc) is 3.19. The average molecular weight is 337 g/mol. The van der Waals surface area contributed by atoms with Crippen molar-refractivity contribution in [3.8, 4) is 0 Å². The maximum atomic E-state index is 4.39. The van der Waals surface area contributed by atoms with Crippen LogP contribution in [-0.2, 0) is 6.42 Å². The quantitative estimate of drug-likeness (QED) is 0.594. The van der Waals surface area contributed by atoms with Gasteiger partial charge >= 0.3 is 0 Å². The molecule has 2 unspecified atom stereocenters. The molecule has 1 aromatic heterocycles. The minimum atomic E-state index is 0.381. The number of nitrogens with zero attached hydrogens (tertiary/aromatic N) is 2. The van der Waals surface area contributed by atoms with E-state index in [-0.39, 0.29) is 0 Å². The van der Waals surface area contributed by atoms with Crippen molar-refractivity contribution in [1.29, 1.82) is 0 Å². The van der Waals surface area contributed by atoms with E-state index in [1.165, 1.54) is 42.1 Å². The fraction of sp³-hybridized carbons (Fsp3) is 0.722. The van der Waals surface area contributed by atoms with E-state index in [0.717, 1.165) is 18.9 Å². The second kappa shape index (κ2) is 9.28. The fourth-order valence-corrected chi connectivity index (χ4v) is 4.25. The third kappa shape index (κ3) is 5.81. The van der Waals surface area contributed by atoms with Crippen molar-refractivity contribution < 1.29 is 0 Å². The largest absolute Gasteiger partial charge is 0.355 e. The highest BCUT2D eigenvalue weighted by Crippen LogP contribution is 2.16. The van der Waals surface area contributed by atoms with E-state index in [2.05, 4.69) is 53.4 Å². The third-order valence-corrected chi connectivity index (χ3v) is 5.57. The maximum Gasteiger partial charge on any atom is 0.191 e. The number of hydrogen-bond donors (Lipinski definition) is 2. The predicted octanol–water partition coefficient (Wildman–Crippen LogP) is 3.03. The predicted molar refractivity (Wildman–Crippen MR) is 102 cm³/mol. The Morgan fingerprint density at radius 1 is 1.35 bits per heavy atom. The van der Waals surface area contributed by atoms with Crippen molar-refractivity contribution in [1.82, 2.24) is 15.5 Å². The molecule has 1 saturated heterocycles. The van der Waals surface area contributed by atoms with Gasteiger partial charge in [0.2, 0.25) is 0 Å². The van der Waals surface area contributed by atoms with Gasteiger partial charge in [0.1, 0.15) is 0 Å². The Bertz CT molecular complexity index is 491. The van der Waals surface area contributed by atoms with Crippen LogP contribution in [0.25, 0.3) is 0 Å². The van der Waals surface area contributed by atoms with Crippen molar-refractivity contribution >= 4 is 17.3 Å². The molecule has 0 bridgehead atoms. The summed E-state index contributed by atoms with van der Waals surface area (Å²) in [7, 11) is 1.86. The maximum absolute atomic E-state index is 4.39. The third-order valence-electron chi connectivity index (χ3n) is 4.54. The van der Waals surface area contributed by atoms with Gasteiger partial charge in [-0.05, 0) is 58.3 Å². The first-order valence-electron chi connectivity index (χ1n) is 8.89. The first-order chi connectivity index (χ1) is 11.1. The van der Waals surface area contributed by atoms with Crippen LogP contribution < -0.4 is 10.6 Å². The van der Waals surface area contributed by atoms with Gasteiger partial charge in [-0.25, -0.2) is 0 Å². The number of nitrogens with one attached hydrogen (secondary N) is 2. The molecule has 2 heterocycles. The molecule has 5 heteroatoms. The minimum absolute atomic E-state index is 0.381. The Balaban J connectivity index is 1.77. The van der Waals surface area contributed by atoms with E-state index in [4.69, 9.17) is 0 Å². The van der Waals surface area contributed by atoms with E-state index >= 15 is 0 Å². The van der Waals surface area contributed by atoms with Crippen LogP contribution in [0.15, 0.2) is 17.1 Å². The molecule has 0 saturated carbocycles. The molecule has 0 spiro atoms. The summed E-state index contributed by atoms with van der Waals surface area (Å²) < 4.78 is 0. The summed E-state index contributed by atoms with van der Waals surface area (Å²) in [6, 6.07) is 5.42. The lowest BCUT2D eigenvalue weighted by molar-refractivity contribution is 0.236. The summed E-state index contributed by atoms with van der Waals surface area (Å²) >= 11 is 1.88. The lowest BCUT2D eigenvalue weighted by Crippen LogP contribution is -2.48. The zero-order chi connectivity index (χ0) is 16.7. The van der Waals surface area contributed by atoms with Crippen LogP contribution in [0.5, 0.6) is 0 Å². The van der Waals surface area contributed by atoms with Crippen molar-refractivity contribution in [3.63, 3.8) is 0 Å². The highest BCUT2D eigenvalue weighted by molar-refractivity contribution is 7.11. The van der Waals surface area contributed by atoms with Gasteiger partial charge in [0.25, 0.3) is 0 Å². The first-order valence-corrected chi connectivity index (χ1v) is 9.70. The molecule has 2 rings (SSSR count). The molecule has 0 radical (unpaired) electrons. The number of thiophene rings is 1. The Morgan fingerprint density at radius 2 is 2.09 bits per heavy atom. The Hall–Kier alpha value is -1.07. The van der Waals surface area contributed by atoms with Crippen LogP contribution in [0, 0.1) is 6.92 Å². The summed E-state index contributed by atoms with van der Waals surface area (Å²) in [5.74, 6) is 0.920. The molecule has 1 aromatic rings. The lowest BCUT2D eigenvalue weighted by atomic mass is 10.2. The molecule has 0 amide bonds. The zero-order valence-electron chi connectivity index (χ0n) is 15.1. The number of aryl methyl sites for hydroxylation is 1. The number of aliphatic imine (C=N–C) groups is 1. The second-order valence-corrected chi connectivity index (χ2v) is 7.89. The van der Waals surface area contributed by atoms with Crippen molar-refractivity contribution in [2.75, 3.05) is 26.7 Å². The summed E-state index contributed by atoms with van der Waals surface area (Å²) in [6.07, 6.45) is 4.93. The zero-order valence-corrected chi connectivity index (χ0v) is 15.9. The number of hydrogen-bond acceptors (Lipinski definition) is 3. The van der Waals surface area contributed by atoms with E-state index in [0.29, 0.717) is 12.1 Å². The molecular formula is C18H32N4S. The van der Waals surface area contributed by atoms with Crippen molar-refractivity contribution in [2.24, 2.45) is 4.99 Å². The monoisotopic (exact) mass is 336 g/mol. The summed E-state index contributed by atoms with van der Waals surface area (Å²) in [4.78, 5) is 9.81. The van der Waals surface area contributed by atoms with Gasteiger partial charge in [-0.1, -0.05) is 6.92 Å². The number of guanidine groups is 1. The summed E-state index contributed by atoms with van der Waals surface area (Å²) in [5, 5.41) is 7.04. The molecule has 4 nitrogen and oxygen atoms in total. The SMILES string of the molecule is CCC(CNC(=NC)NC(C)Cc1ccc(C)s1)N1CCCC1. The number of likely N-dealkylation sites (tertiary alicyclic amines) is 1. The van der Waals surface area contributed by atoms with Gasteiger partial charge in [0.05, 0.1) is 0 Å². The second-order valence-electron chi connectivity index (χ2n) is 6.52. The molecule has 1 aliphatic heterocycles. The molecular weight excluding hydrogens is 304 g/mol. The molecule has 1 fully saturated rings. The Morgan fingerprint density at radius 3 is 2.65 bits per heavy atom. The van der Waals surface area contributed by atoms with Crippen LogP contribution >= 0.6 is 11.3 Å². The smallest absolute Gasteiger partial charge is 0.191 e. The highest BCUT2D eigenvalue weighted by atomic mass is 32.1. The van der Waals surface area contributed by atoms with Crippen LogP contribution in [0.2, 0.25) is 0 Å². The van der Waals surface area contributed by atoms with Gasteiger partial charge in [0, 0.05) is 41.9 Å². The molecule has 130 valence electrons. The molecule has 1 aliphatic rings. The van der Waals surface area contributed by atoms with Crippen LogP contribution in [0.1, 0.15) is 42.9 Å². The van der Waals surface area contributed by atoms with E-state index in [1.807, 2.05) is 18.4 Å². The van der Waals surface area contributed by atoms with E-state index < -0.39 is 0 Å². The van der Waals surface area contributed by atoms with Crippen molar-refractivity contribution in [3.05, 3.63) is 21.9 Å². The van der Waals surface area contributed by atoms with Gasteiger partial charge in [-0.15, -0.1) is 11.3 Å². The van der Waals surface area contributed by atoms with Gasteiger partial charge in [-0.3, -0.25) is 9.89 Å². The molecule has 0 aliphatic carbocycles. The normalized spacial score (nSPS) is 18.9. The van der Waals surface area contributed by atoms with Gasteiger partial charge < -0.3 is 10.6 Å². The topological polar surface area (TPSA) is 39.7 Å². The van der Waals surface area contributed by atoms with Crippen LogP contribution in [-0.4, -0.2) is 49.6 Å². The van der Waals surface area contributed by atoms with Crippen LogP contribution in [0.4, 0.5) is 0 Å². The Kier molecular flexibility index (Phi) is 7.37. The molecule has 2 N–H and O–H groups in total.